The summed E-state index contributed by atoms with van der Waals surface area (Å²) in [4.78, 5) is 27.2. The molecule has 0 spiro atoms. The second-order valence-corrected chi connectivity index (χ2v) is 6.94. The van der Waals surface area contributed by atoms with Gasteiger partial charge >= 0.3 is 5.97 Å². The Balaban J connectivity index is 1.71. The van der Waals surface area contributed by atoms with Crippen molar-refractivity contribution >= 4 is 33.4 Å². The average molecular weight is 432 g/mol. The van der Waals surface area contributed by atoms with Gasteiger partial charge in [-0.05, 0) is 48.0 Å². The fourth-order valence-corrected chi connectivity index (χ4v) is 3.32. The van der Waals surface area contributed by atoms with Gasteiger partial charge in [-0.15, -0.1) is 0 Å². The van der Waals surface area contributed by atoms with Crippen LogP contribution in [-0.4, -0.2) is 40.2 Å². The van der Waals surface area contributed by atoms with Crippen LogP contribution in [0, 0.1) is 0 Å². The number of aliphatic carboxylic acids is 1. The van der Waals surface area contributed by atoms with E-state index in [1.54, 1.807) is 25.1 Å². The van der Waals surface area contributed by atoms with Gasteiger partial charge in [0.05, 0.1) is 12.0 Å². The van der Waals surface area contributed by atoms with E-state index in [1.807, 2.05) is 42.5 Å². The molecule has 0 aliphatic heterocycles. The van der Waals surface area contributed by atoms with Crippen LogP contribution in [0.3, 0.4) is 0 Å². The molecular weight excluding hydrogens is 412 g/mol. The number of hydrogen-bond donors (Lipinski definition) is 3. The molecule has 3 N–H and O–H groups in total. The molecule has 32 heavy (non-hydrogen) atoms. The zero-order chi connectivity index (χ0) is 22.7. The van der Waals surface area contributed by atoms with Gasteiger partial charge in [-0.3, -0.25) is 9.59 Å². The minimum Gasteiger partial charge on any atom is -0.505 e. The predicted molar refractivity (Wildman–Crippen MR) is 119 cm³/mol. The maximum Gasteiger partial charge on any atom is 0.322 e. The summed E-state index contributed by atoms with van der Waals surface area (Å²) >= 11 is 0. The van der Waals surface area contributed by atoms with Crippen LogP contribution < -0.4 is 14.8 Å². The number of aromatic hydroxyl groups is 1. The Labute approximate surface area is 183 Å². The van der Waals surface area contributed by atoms with E-state index in [1.165, 1.54) is 0 Å². The second kappa shape index (κ2) is 8.81. The molecule has 4 aromatic rings. The first-order valence-corrected chi connectivity index (χ1v) is 9.92. The molecule has 0 unspecified atom stereocenters. The van der Waals surface area contributed by atoms with Crippen molar-refractivity contribution in [2.45, 2.75) is 6.92 Å². The molecule has 0 atom stereocenters. The maximum absolute atomic E-state index is 12.3. The van der Waals surface area contributed by atoms with E-state index >= 15 is 0 Å². The molecule has 8 heteroatoms. The molecule has 0 saturated carbocycles. The van der Waals surface area contributed by atoms with E-state index in [2.05, 4.69) is 10.3 Å². The largest absolute Gasteiger partial charge is 0.505 e. The Morgan fingerprint density at radius 3 is 2.44 bits per heavy atom. The SMILES string of the molecule is CCOc1nc(C(=O)NCC(=O)O)c(O)c2ccc(Oc3ccc4ccccc4c3)cc12. The summed E-state index contributed by atoms with van der Waals surface area (Å²) in [6.45, 7) is 1.44. The van der Waals surface area contributed by atoms with Gasteiger partial charge in [0.1, 0.15) is 18.0 Å². The standard InChI is InChI=1S/C24H20N2O6/c1-2-31-24-19-12-17(32-16-8-7-14-5-3-4-6-15(14)11-16)9-10-18(19)22(29)21(26-24)23(30)25-13-20(27)28/h3-12,29H,2,13H2,1H3,(H,25,30)(H,27,28). The van der Waals surface area contributed by atoms with Gasteiger partial charge in [0.25, 0.3) is 5.91 Å². The molecule has 0 fully saturated rings. The van der Waals surface area contributed by atoms with Crippen LogP contribution in [0.1, 0.15) is 17.4 Å². The first kappa shape index (κ1) is 20.9. The van der Waals surface area contributed by atoms with Gasteiger partial charge in [0, 0.05) is 5.39 Å². The number of carboxylic acids is 1. The Kier molecular flexibility index (Phi) is 5.76. The zero-order valence-corrected chi connectivity index (χ0v) is 17.2. The van der Waals surface area contributed by atoms with Crippen LogP contribution in [0.15, 0.2) is 60.7 Å². The molecule has 0 radical (unpaired) electrons. The topological polar surface area (TPSA) is 118 Å². The number of aromatic nitrogens is 1. The smallest absolute Gasteiger partial charge is 0.322 e. The van der Waals surface area contributed by atoms with Gasteiger partial charge < -0.3 is 25.0 Å². The average Bonchev–Trinajstić information content (AvgIpc) is 2.79. The molecule has 0 bridgehead atoms. The quantitative estimate of drug-likeness (QED) is 0.402. The third kappa shape index (κ3) is 4.24. The molecular formula is C24H20N2O6. The fraction of sp³-hybridized carbons (Fsp3) is 0.125. The number of hydrogen-bond acceptors (Lipinski definition) is 6. The molecule has 162 valence electrons. The summed E-state index contributed by atoms with van der Waals surface area (Å²) in [5.74, 6) is -1.13. The highest BCUT2D eigenvalue weighted by Gasteiger charge is 2.21. The Morgan fingerprint density at radius 1 is 0.969 bits per heavy atom. The van der Waals surface area contributed by atoms with E-state index in [9.17, 15) is 14.7 Å². The minimum atomic E-state index is -1.21. The van der Waals surface area contributed by atoms with Crippen molar-refractivity contribution in [1.29, 1.82) is 0 Å². The van der Waals surface area contributed by atoms with Gasteiger partial charge in [-0.1, -0.05) is 30.3 Å². The number of ether oxygens (including phenoxy) is 2. The van der Waals surface area contributed by atoms with E-state index in [0.717, 1.165) is 10.8 Å². The summed E-state index contributed by atoms with van der Waals surface area (Å²) in [5.41, 5.74) is -0.314. The number of carbonyl (C=O) groups is 2. The fourth-order valence-electron chi connectivity index (χ4n) is 3.32. The first-order valence-electron chi connectivity index (χ1n) is 9.92. The first-order chi connectivity index (χ1) is 15.5. The Morgan fingerprint density at radius 2 is 1.69 bits per heavy atom. The van der Waals surface area contributed by atoms with Crippen LogP contribution in [0.2, 0.25) is 0 Å². The second-order valence-electron chi connectivity index (χ2n) is 6.94. The Hall–Kier alpha value is -4.33. The van der Waals surface area contributed by atoms with Crippen molar-refractivity contribution in [3.05, 3.63) is 66.4 Å². The predicted octanol–water partition coefficient (Wildman–Crippen LogP) is 4.10. The Bertz CT molecular complexity index is 1340. The van der Waals surface area contributed by atoms with Gasteiger partial charge in [-0.2, -0.15) is 0 Å². The number of fused-ring (bicyclic) bond motifs is 2. The van der Waals surface area contributed by atoms with Crippen molar-refractivity contribution in [2.24, 2.45) is 0 Å². The molecule has 0 saturated heterocycles. The van der Waals surface area contributed by atoms with Crippen molar-refractivity contribution in [3.63, 3.8) is 0 Å². The molecule has 3 aromatic carbocycles. The van der Waals surface area contributed by atoms with Crippen LogP contribution in [-0.2, 0) is 4.79 Å². The third-order valence-corrected chi connectivity index (χ3v) is 4.77. The lowest BCUT2D eigenvalue weighted by Crippen LogP contribution is -2.30. The highest BCUT2D eigenvalue weighted by molar-refractivity contribution is 6.04. The van der Waals surface area contributed by atoms with Crippen LogP contribution >= 0.6 is 0 Å². The minimum absolute atomic E-state index is 0.129. The molecule has 8 nitrogen and oxygen atoms in total. The highest BCUT2D eigenvalue weighted by atomic mass is 16.5. The lowest BCUT2D eigenvalue weighted by Gasteiger charge is -2.13. The summed E-state index contributed by atoms with van der Waals surface area (Å²) < 4.78 is 11.6. The lowest BCUT2D eigenvalue weighted by atomic mass is 10.1. The number of nitrogens with one attached hydrogen (secondary N) is 1. The summed E-state index contributed by atoms with van der Waals surface area (Å²) in [5, 5.41) is 24.5. The van der Waals surface area contributed by atoms with E-state index in [0.29, 0.717) is 22.3 Å². The monoisotopic (exact) mass is 432 g/mol. The van der Waals surface area contributed by atoms with Crippen LogP contribution in [0.25, 0.3) is 21.5 Å². The number of carboxylic acid groups (broad SMARTS) is 1. The number of amides is 1. The number of carbonyl (C=O) groups excluding carboxylic acids is 1. The summed E-state index contributed by atoms with van der Waals surface area (Å²) in [6.07, 6.45) is 0. The maximum atomic E-state index is 12.3. The summed E-state index contributed by atoms with van der Waals surface area (Å²) in [6, 6.07) is 18.6. The number of pyridine rings is 1. The number of rotatable bonds is 7. The van der Waals surface area contributed by atoms with E-state index in [-0.39, 0.29) is 23.9 Å². The van der Waals surface area contributed by atoms with Gasteiger partial charge in [0.15, 0.2) is 11.4 Å². The lowest BCUT2D eigenvalue weighted by molar-refractivity contribution is -0.135. The normalized spacial score (nSPS) is 10.8. The van der Waals surface area contributed by atoms with E-state index < -0.39 is 18.4 Å². The van der Waals surface area contributed by atoms with E-state index in [4.69, 9.17) is 14.6 Å². The third-order valence-electron chi connectivity index (χ3n) is 4.77. The molecule has 1 amide bonds. The molecule has 4 rings (SSSR count). The van der Waals surface area contributed by atoms with Gasteiger partial charge in [0.2, 0.25) is 5.88 Å². The summed E-state index contributed by atoms with van der Waals surface area (Å²) in [7, 11) is 0. The van der Waals surface area contributed by atoms with Crippen molar-refractivity contribution in [1.82, 2.24) is 10.3 Å². The van der Waals surface area contributed by atoms with Crippen LogP contribution in [0.5, 0.6) is 23.1 Å². The molecule has 0 aliphatic carbocycles. The number of nitrogens with zero attached hydrogens (tertiary/aromatic N) is 1. The zero-order valence-electron chi connectivity index (χ0n) is 17.2. The molecule has 1 aromatic heterocycles. The molecule has 0 aliphatic rings. The van der Waals surface area contributed by atoms with Crippen molar-refractivity contribution in [3.8, 4) is 23.1 Å². The van der Waals surface area contributed by atoms with Gasteiger partial charge in [-0.25, -0.2) is 4.98 Å². The van der Waals surface area contributed by atoms with Crippen LogP contribution in [0.4, 0.5) is 0 Å². The number of benzene rings is 3. The highest BCUT2D eigenvalue weighted by Crippen LogP contribution is 2.37. The molecule has 1 heterocycles. The van der Waals surface area contributed by atoms with Crippen molar-refractivity contribution in [2.75, 3.05) is 13.2 Å². The van der Waals surface area contributed by atoms with Crippen molar-refractivity contribution < 1.29 is 29.3 Å².